The molecule has 2 aliphatic rings. The Bertz CT molecular complexity index is 2570. The van der Waals surface area contributed by atoms with Gasteiger partial charge in [-0.05, 0) is 117 Å². The molecule has 1 atom stereocenters. The second kappa shape index (κ2) is 14.2. The summed E-state index contributed by atoms with van der Waals surface area (Å²) >= 11 is 0. The SMILES string of the molecule is CC(=O)c1c2nc(c(-c3cc(C(C)(C)C)cc(C(C)(C)C)c3)c3ccc([nH]3)c(C(C)O)c3nc(c(-c4cc(C(C)(C)C)cc(C(C)(C)C)c4)c4ccc1[nH]4)C=C3)C=C2. The molecule has 2 aromatic carbocycles. The fraction of sp³-hybridized carbons (Fsp3) is 0.365. The fourth-order valence-corrected chi connectivity index (χ4v) is 7.92. The van der Waals surface area contributed by atoms with Crippen molar-refractivity contribution in [3.63, 3.8) is 0 Å². The number of carbonyl (C=O) groups excluding carboxylic acids is 1. The Labute approximate surface area is 344 Å². The molecular formula is C52H60N4O2. The highest BCUT2D eigenvalue weighted by molar-refractivity contribution is 6.06. The normalized spacial score (nSPS) is 14.0. The van der Waals surface area contributed by atoms with E-state index in [0.717, 1.165) is 50.2 Å². The number of H-pyrrole nitrogens is 2. The van der Waals surface area contributed by atoms with E-state index in [0.29, 0.717) is 28.0 Å². The van der Waals surface area contributed by atoms with Crippen molar-refractivity contribution in [3.8, 4) is 22.3 Å². The van der Waals surface area contributed by atoms with Gasteiger partial charge in [0, 0.05) is 33.2 Å². The van der Waals surface area contributed by atoms with Crippen molar-refractivity contribution in [2.45, 2.75) is 125 Å². The largest absolute Gasteiger partial charge is 0.389 e. The summed E-state index contributed by atoms with van der Waals surface area (Å²) in [7, 11) is 0. The van der Waals surface area contributed by atoms with E-state index in [4.69, 9.17) is 9.97 Å². The van der Waals surface area contributed by atoms with Crippen LogP contribution in [0.4, 0.5) is 0 Å². The van der Waals surface area contributed by atoms with Crippen LogP contribution in [0.3, 0.4) is 0 Å². The lowest BCUT2D eigenvalue weighted by atomic mass is 9.78. The summed E-state index contributed by atoms with van der Waals surface area (Å²) in [6, 6.07) is 21.8. The van der Waals surface area contributed by atoms with Crippen LogP contribution >= 0.6 is 0 Å². The van der Waals surface area contributed by atoms with Gasteiger partial charge in [-0.25, -0.2) is 9.97 Å². The first-order valence-electron chi connectivity index (χ1n) is 20.6. The number of nitrogens with one attached hydrogen (secondary N) is 2. The van der Waals surface area contributed by atoms with Gasteiger partial charge < -0.3 is 15.1 Å². The lowest BCUT2D eigenvalue weighted by Crippen LogP contribution is -2.16. The lowest BCUT2D eigenvalue weighted by Gasteiger charge is -2.26. The topological polar surface area (TPSA) is 94.7 Å². The molecular weight excluding hydrogens is 713 g/mol. The van der Waals surface area contributed by atoms with Crippen LogP contribution < -0.4 is 0 Å². The summed E-state index contributed by atoms with van der Waals surface area (Å²) in [4.78, 5) is 31.7. The molecule has 3 aromatic heterocycles. The van der Waals surface area contributed by atoms with Crippen molar-refractivity contribution >= 4 is 52.2 Å². The maximum absolute atomic E-state index is 13.7. The molecule has 58 heavy (non-hydrogen) atoms. The second-order valence-corrected chi connectivity index (χ2v) is 20.4. The Balaban J connectivity index is 1.67. The molecule has 5 heterocycles. The van der Waals surface area contributed by atoms with Crippen molar-refractivity contribution in [2.24, 2.45) is 0 Å². The number of aromatic amines is 2. The summed E-state index contributed by atoms with van der Waals surface area (Å²) in [6.07, 6.45) is 7.20. The average Bonchev–Trinajstić information content (AvgIpc) is 3.94. The number of hydrogen-bond acceptors (Lipinski definition) is 4. The van der Waals surface area contributed by atoms with Gasteiger partial charge in [0.2, 0.25) is 0 Å². The van der Waals surface area contributed by atoms with E-state index >= 15 is 0 Å². The van der Waals surface area contributed by atoms with Crippen LogP contribution in [-0.4, -0.2) is 30.8 Å². The number of ketones is 1. The first-order valence-corrected chi connectivity index (χ1v) is 20.6. The van der Waals surface area contributed by atoms with Crippen LogP contribution in [-0.2, 0) is 21.7 Å². The Kier molecular flexibility index (Phi) is 10.00. The molecule has 0 saturated carbocycles. The molecule has 0 fully saturated rings. The predicted molar refractivity (Wildman–Crippen MR) is 245 cm³/mol. The van der Waals surface area contributed by atoms with Gasteiger partial charge in [-0.15, -0.1) is 0 Å². The Morgan fingerprint density at radius 1 is 0.517 bits per heavy atom. The number of hydrogen-bond donors (Lipinski definition) is 3. The van der Waals surface area contributed by atoms with Crippen LogP contribution in [0.5, 0.6) is 0 Å². The van der Waals surface area contributed by atoms with Gasteiger partial charge in [0.15, 0.2) is 5.78 Å². The van der Waals surface area contributed by atoms with Gasteiger partial charge in [-0.3, -0.25) is 4.79 Å². The zero-order valence-electron chi connectivity index (χ0n) is 36.9. The number of aliphatic hydroxyl groups is 1. The molecule has 0 spiro atoms. The third kappa shape index (κ3) is 7.79. The van der Waals surface area contributed by atoms with Crippen molar-refractivity contribution < 1.29 is 9.90 Å². The molecule has 0 amide bonds. The molecule has 0 saturated heterocycles. The van der Waals surface area contributed by atoms with Crippen LogP contribution in [0.1, 0.15) is 164 Å². The molecule has 0 radical (unpaired) electrons. The third-order valence-corrected chi connectivity index (χ3v) is 11.5. The molecule has 2 aliphatic heterocycles. The van der Waals surface area contributed by atoms with Gasteiger partial charge in [-0.2, -0.15) is 0 Å². The maximum atomic E-state index is 13.7. The molecule has 1 unspecified atom stereocenters. The highest BCUT2D eigenvalue weighted by atomic mass is 16.3. The van der Waals surface area contributed by atoms with Crippen molar-refractivity contribution in [1.29, 1.82) is 0 Å². The fourth-order valence-electron chi connectivity index (χ4n) is 7.92. The number of benzene rings is 2. The van der Waals surface area contributed by atoms with Crippen LogP contribution in [0.15, 0.2) is 60.7 Å². The average molecular weight is 773 g/mol. The van der Waals surface area contributed by atoms with E-state index in [-0.39, 0.29) is 27.4 Å². The Morgan fingerprint density at radius 3 is 1.26 bits per heavy atom. The maximum Gasteiger partial charge on any atom is 0.164 e. The Hall–Kier alpha value is -5.33. The van der Waals surface area contributed by atoms with Crippen molar-refractivity contribution in [2.75, 3.05) is 0 Å². The minimum absolute atomic E-state index is 0.0798. The Morgan fingerprint density at radius 2 is 0.862 bits per heavy atom. The molecule has 7 rings (SSSR count). The van der Waals surface area contributed by atoms with E-state index in [1.165, 1.54) is 22.3 Å². The van der Waals surface area contributed by atoms with E-state index in [1.54, 1.807) is 13.8 Å². The minimum Gasteiger partial charge on any atom is -0.389 e. The van der Waals surface area contributed by atoms with Gasteiger partial charge in [0.25, 0.3) is 0 Å². The first kappa shape index (κ1) is 40.9. The molecule has 300 valence electrons. The monoisotopic (exact) mass is 772 g/mol. The molecule has 6 nitrogen and oxygen atoms in total. The summed E-state index contributed by atoms with van der Waals surface area (Å²) in [6.45, 7) is 30.3. The summed E-state index contributed by atoms with van der Waals surface area (Å²) < 4.78 is 0. The number of fused-ring (bicyclic) bond motifs is 8. The highest BCUT2D eigenvalue weighted by Crippen LogP contribution is 2.41. The van der Waals surface area contributed by atoms with E-state index < -0.39 is 6.10 Å². The molecule has 8 bridgehead atoms. The van der Waals surface area contributed by atoms with E-state index in [1.807, 2.05) is 42.5 Å². The van der Waals surface area contributed by atoms with E-state index in [2.05, 4.69) is 136 Å². The third-order valence-electron chi connectivity index (χ3n) is 11.5. The van der Waals surface area contributed by atoms with Crippen molar-refractivity contribution in [3.05, 3.63) is 117 Å². The number of Topliss-reactive ketones (excluding diaryl/α,β-unsaturated/α-hetero) is 1. The summed E-state index contributed by atoms with van der Waals surface area (Å²) in [5.41, 5.74) is 15.6. The highest BCUT2D eigenvalue weighted by Gasteiger charge is 2.26. The van der Waals surface area contributed by atoms with Crippen LogP contribution in [0.25, 0.3) is 68.6 Å². The van der Waals surface area contributed by atoms with Gasteiger partial charge in [-0.1, -0.05) is 119 Å². The van der Waals surface area contributed by atoms with Crippen LogP contribution in [0, 0.1) is 0 Å². The minimum atomic E-state index is -0.818. The van der Waals surface area contributed by atoms with Gasteiger partial charge in [0.1, 0.15) is 0 Å². The van der Waals surface area contributed by atoms with Crippen molar-refractivity contribution in [1.82, 2.24) is 19.9 Å². The summed E-state index contributed by atoms with van der Waals surface area (Å²) in [5, 5.41) is 11.5. The molecule has 5 aromatic rings. The second-order valence-electron chi connectivity index (χ2n) is 20.4. The standard InChI is InChI=1S/C52H60N4O2/c1-29(57)45-37-15-19-41(53-37)47(31-23-33(49(3,4)5)27-34(24-31)50(6,7)8)43-21-17-39(55-43)46(30(2)58)40-18-22-44(56-40)48(42-20-16-38(45)54-42)32-25-35(51(9,10)11)28-36(26-32)52(12,13)14/h15-29,53,56-57H,1-14H3. The predicted octanol–water partition coefficient (Wildman–Crippen LogP) is 13.4. The number of nitrogens with zero attached hydrogens (tertiary/aromatic N) is 2. The lowest BCUT2D eigenvalue weighted by molar-refractivity contribution is 0.101. The van der Waals surface area contributed by atoms with Gasteiger partial charge >= 0.3 is 0 Å². The number of rotatable bonds is 4. The smallest absolute Gasteiger partial charge is 0.164 e. The zero-order chi connectivity index (χ0) is 42.3. The van der Waals surface area contributed by atoms with Crippen LogP contribution in [0.2, 0.25) is 0 Å². The first-order chi connectivity index (χ1) is 26.9. The number of carbonyl (C=O) groups is 1. The van der Waals surface area contributed by atoms with E-state index in [9.17, 15) is 9.90 Å². The number of aromatic nitrogens is 4. The molecule has 0 aliphatic carbocycles. The molecule has 6 heteroatoms. The molecule has 3 N–H and O–H groups in total. The van der Waals surface area contributed by atoms with Gasteiger partial charge in [0.05, 0.1) is 40.0 Å². The number of aliphatic hydroxyl groups excluding tert-OH is 1. The summed E-state index contributed by atoms with van der Waals surface area (Å²) in [5.74, 6) is -0.0798. The zero-order valence-corrected chi connectivity index (χ0v) is 36.9. The quantitative estimate of drug-likeness (QED) is 0.155.